The smallest absolute Gasteiger partial charge is 0.322 e. The first-order chi connectivity index (χ1) is 23.0. The van der Waals surface area contributed by atoms with E-state index in [9.17, 15) is 14.4 Å². The van der Waals surface area contributed by atoms with Crippen LogP contribution in [0.15, 0.2) is 24.3 Å². The molecular formula is C41H75NO5. The van der Waals surface area contributed by atoms with Gasteiger partial charge in [-0.2, -0.15) is 0 Å². The summed E-state index contributed by atoms with van der Waals surface area (Å²) in [6.45, 7) is 4.21. The molecule has 0 saturated carbocycles. The van der Waals surface area contributed by atoms with Gasteiger partial charge in [0.05, 0.1) is 0 Å². The molecule has 0 aromatic heterocycles. The summed E-state index contributed by atoms with van der Waals surface area (Å²) >= 11 is 0. The monoisotopic (exact) mass is 662 g/mol. The number of amides is 1. The summed E-state index contributed by atoms with van der Waals surface area (Å²) in [6, 6.07) is 0. The van der Waals surface area contributed by atoms with Gasteiger partial charge in [-0.15, -0.1) is 0 Å². The molecule has 0 aliphatic rings. The Balaban J connectivity index is 4.12. The van der Waals surface area contributed by atoms with Gasteiger partial charge in [0.25, 0.3) is 0 Å². The summed E-state index contributed by atoms with van der Waals surface area (Å²) in [5.41, 5.74) is 0. The number of rotatable bonds is 36. The minimum absolute atomic E-state index is 0.0614. The first kappa shape index (κ1) is 44.9. The molecule has 0 radical (unpaired) electrons. The molecule has 0 bridgehead atoms. The van der Waals surface area contributed by atoms with Crippen molar-refractivity contribution in [1.29, 1.82) is 0 Å². The van der Waals surface area contributed by atoms with Gasteiger partial charge in [0.1, 0.15) is 12.6 Å². The first-order valence-corrected chi connectivity index (χ1v) is 20.0. The van der Waals surface area contributed by atoms with Gasteiger partial charge in [-0.1, -0.05) is 148 Å². The highest BCUT2D eigenvalue weighted by atomic mass is 16.5. The lowest BCUT2D eigenvalue weighted by Gasteiger charge is -2.15. The van der Waals surface area contributed by atoms with Crippen LogP contribution in [-0.2, 0) is 19.1 Å². The van der Waals surface area contributed by atoms with E-state index in [-0.39, 0.29) is 24.5 Å². The maximum atomic E-state index is 12.7. The molecule has 1 unspecified atom stereocenters. The Morgan fingerprint density at radius 1 is 0.553 bits per heavy atom. The van der Waals surface area contributed by atoms with E-state index in [0.29, 0.717) is 12.8 Å². The lowest BCUT2D eigenvalue weighted by Crippen LogP contribution is -2.28. The molecule has 1 atom stereocenters. The molecule has 0 spiro atoms. The minimum Gasteiger partial charge on any atom is -0.480 e. The largest absolute Gasteiger partial charge is 0.480 e. The fraction of sp³-hybridized carbons (Fsp3) is 0.829. The van der Waals surface area contributed by atoms with Gasteiger partial charge in [-0.3, -0.25) is 14.4 Å². The van der Waals surface area contributed by atoms with Crippen LogP contribution in [0, 0.1) is 0 Å². The van der Waals surface area contributed by atoms with Crippen LogP contribution in [0.2, 0.25) is 0 Å². The van der Waals surface area contributed by atoms with E-state index in [2.05, 4.69) is 43.5 Å². The van der Waals surface area contributed by atoms with Crippen LogP contribution in [0.4, 0.5) is 0 Å². The zero-order chi connectivity index (χ0) is 34.5. The summed E-state index contributed by atoms with van der Waals surface area (Å²) < 4.78 is 5.92. The number of nitrogens with one attached hydrogen (secondary N) is 1. The topological polar surface area (TPSA) is 92.7 Å². The summed E-state index contributed by atoms with van der Waals surface area (Å²) in [7, 11) is 0. The molecule has 0 aliphatic carbocycles. The fourth-order valence-corrected chi connectivity index (χ4v) is 5.83. The number of unbranched alkanes of at least 4 members (excludes halogenated alkanes) is 23. The molecule has 0 saturated heterocycles. The van der Waals surface area contributed by atoms with E-state index in [1.165, 1.54) is 116 Å². The van der Waals surface area contributed by atoms with Crippen molar-refractivity contribution >= 4 is 17.8 Å². The van der Waals surface area contributed by atoms with Crippen LogP contribution >= 0.6 is 0 Å². The number of carbonyl (C=O) groups excluding carboxylic acids is 2. The van der Waals surface area contributed by atoms with Crippen LogP contribution in [0.3, 0.4) is 0 Å². The van der Waals surface area contributed by atoms with Crippen molar-refractivity contribution in [3.05, 3.63) is 24.3 Å². The standard InChI is InChI=1S/C41H75NO5/c1-3-5-7-9-11-13-14-15-16-17-18-19-20-22-28-32-36-41(46)47-38(33-29-25-21-12-10-8-6-4-2)34-30-26-23-24-27-31-35-39(43)42-37-40(44)45/h16-17,29,33,38H,3-15,18-28,30-32,34-37H2,1-2H3,(H,42,43)(H,44,45)/b17-16-,33-29-. The molecule has 274 valence electrons. The third-order valence-electron chi connectivity index (χ3n) is 8.83. The molecule has 0 aliphatic heterocycles. The van der Waals surface area contributed by atoms with Crippen molar-refractivity contribution in [1.82, 2.24) is 5.32 Å². The van der Waals surface area contributed by atoms with E-state index >= 15 is 0 Å². The number of allylic oxidation sites excluding steroid dienone is 3. The normalized spacial score (nSPS) is 12.2. The second kappa shape index (κ2) is 36.7. The minimum atomic E-state index is -1.02. The van der Waals surface area contributed by atoms with Crippen LogP contribution in [0.25, 0.3) is 0 Å². The number of aliphatic carboxylic acids is 1. The highest BCUT2D eigenvalue weighted by molar-refractivity contribution is 5.80. The van der Waals surface area contributed by atoms with Gasteiger partial charge < -0.3 is 15.2 Å². The van der Waals surface area contributed by atoms with Gasteiger partial charge in [-0.05, 0) is 70.3 Å². The average Bonchev–Trinajstić information content (AvgIpc) is 3.05. The molecule has 2 N–H and O–H groups in total. The maximum absolute atomic E-state index is 12.7. The van der Waals surface area contributed by atoms with Crippen molar-refractivity contribution in [2.45, 2.75) is 213 Å². The quantitative estimate of drug-likeness (QED) is 0.0396. The molecule has 0 fully saturated rings. The van der Waals surface area contributed by atoms with Crippen molar-refractivity contribution in [2.24, 2.45) is 0 Å². The fourth-order valence-electron chi connectivity index (χ4n) is 5.83. The summed E-state index contributed by atoms with van der Waals surface area (Å²) in [4.78, 5) is 34.8. The zero-order valence-corrected chi connectivity index (χ0v) is 30.9. The number of esters is 1. The Morgan fingerprint density at radius 2 is 0.979 bits per heavy atom. The zero-order valence-electron chi connectivity index (χ0n) is 30.9. The second-order valence-corrected chi connectivity index (χ2v) is 13.5. The first-order valence-electron chi connectivity index (χ1n) is 20.0. The molecule has 6 nitrogen and oxygen atoms in total. The summed E-state index contributed by atoms with van der Waals surface area (Å²) in [5, 5.41) is 11.0. The number of carboxylic acid groups (broad SMARTS) is 1. The third-order valence-corrected chi connectivity index (χ3v) is 8.83. The van der Waals surface area contributed by atoms with Crippen molar-refractivity contribution in [2.75, 3.05) is 6.54 Å². The Morgan fingerprint density at radius 3 is 1.49 bits per heavy atom. The molecule has 47 heavy (non-hydrogen) atoms. The Bertz CT molecular complexity index is 778. The lowest BCUT2D eigenvalue weighted by molar-refractivity contribution is -0.147. The lowest BCUT2D eigenvalue weighted by atomic mass is 10.0. The van der Waals surface area contributed by atoms with Gasteiger partial charge in [0, 0.05) is 12.8 Å². The molecule has 0 heterocycles. The van der Waals surface area contributed by atoms with Crippen LogP contribution in [0.5, 0.6) is 0 Å². The van der Waals surface area contributed by atoms with Crippen molar-refractivity contribution in [3.63, 3.8) is 0 Å². The molecule has 0 aromatic rings. The van der Waals surface area contributed by atoms with Crippen LogP contribution in [-0.4, -0.2) is 35.6 Å². The van der Waals surface area contributed by atoms with E-state index in [0.717, 1.165) is 64.2 Å². The highest BCUT2D eigenvalue weighted by Gasteiger charge is 2.11. The summed E-state index contributed by atoms with van der Waals surface area (Å²) in [6.07, 6.45) is 43.1. The Hall–Kier alpha value is -2.11. The number of ether oxygens (including phenoxy) is 1. The number of hydrogen-bond donors (Lipinski definition) is 2. The molecule has 6 heteroatoms. The number of hydrogen-bond acceptors (Lipinski definition) is 4. The molecule has 1 amide bonds. The highest BCUT2D eigenvalue weighted by Crippen LogP contribution is 2.16. The maximum Gasteiger partial charge on any atom is 0.322 e. The number of carboxylic acids is 1. The molecule has 0 rings (SSSR count). The van der Waals surface area contributed by atoms with E-state index in [1.54, 1.807) is 0 Å². The molecule has 0 aromatic carbocycles. The Kier molecular flexibility index (Phi) is 35.1. The van der Waals surface area contributed by atoms with E-state index in [4.69, 9.17) is 9.84 Å². The SMILES string of the molecule is CCCCCCCC/C=C\C(CCCCCCCCC(=O)NCC(=O)O)OC(=O)CCCCCCC/C=C\CCCCCCCCC. The molecular weight excluding hydrogens is 586 g/mol. The van der Waals surface area contributed by atoms with Gasteiger partial charge in [0.15, 0.2) is 0 Å². The Labute approximate surface area is 290 Å². The van der Waals surface area contributed by atoms with Crippen molar-refractivity contribution in [3.8, 4) is 0 Å². The summed E-state index contributed by atoms with van der Waals surface area (Å²) in [5.74, 6) is -1.27. The van der Waals surface area contributed by atoms with Gasteiger partial charge >= 0.3 is 11.9 Å². The average molecular weight is 662 g/mol. The predicted octanol–water partition coefficient (Wildman–Crippen LogP) is 12.0. The van der Waals surface area contributed by atoms with E-state index < -0.39 is 5.97 Å². The second-order valence-electron chi connectivity index (χ2n) is 13.5. The van der Waals surface area contributed by atoms with Crippen molar-refractivity contribution < 1.29 is 24.2 Å². The number of carbonyl (C=O) groups is 3. The van der Waals surface area contributed by atoms with Gasteiger partial charge in [-0.25, -0.2) is 0 Å². The third kappa shape index (κ3) is 36.6. The van der Waals surface area contributed by atoms with Gasteiger partial charge in [0.2, 0.25) is 5.91 Å². The van der Waals surface area contributed by atoms with E-state index in [1.807, 2.05) is 0 Å². The predicted molar refractivity (Wildman–Crippen MR) is 199 cm³/mol. The van der Waals surface area contributed by atoms with Crippen LogP contribution in [0.1, 0.15) is 206 Å². The van der Waals surface area contributed by atoms with Crippen LogP contribution < -0.4 is 5.32 Å².